The van der Waals surface area contributed by atoms with E-state index in [9.17, 15) is 14.7 Å². The molecule has 0 saturated carbocycles. The van der Waals surface area contributed by atoms with Crippen molar-refractivity contribution in [3.8, 4) is 0 Å². The molecule has 0 radical (unpaired) electrons. The zero-order chi connectivity index (χ0) is 16.3. The van der Waals surface area contributed by atoms with Crippen LogP contribution in [0.4, 0.5) is 0 Å². The predicted octanol–water partition coefficient (Wildman–Crippen LogP) is 1.40. The van der Waals surface area contributed by atoms with E-state index in [0.29, 0.717) is 6.54 Å². The first-order valence-corrected chi connectivity index (χ1v) is 7.71. The molecule has 0 aromatic heterocycles. The summed E-state index contributed by atoms with van der Waals surface area (Å²) < 4.78 is 0. The number of hydrogen-bond acceptors (Lipinski definition) is 3. The van der Waals surface area contributed by atoms with Crippen molar-refractivity contribution < 1.29 is 14.7 Å². The fourth-order valence-electron chi connectivity index (χ4n) is 2.82. The van der Waals surface area contributed by atoms with Crippen LogP contribution in [-0.2, 0) is 9.59 Å². The van der Waals surface area contributed by atoms with E-state index in [2.05, 4.69) is 5.32 Å². The maximum absolute atomic E-state index is 12.2. The smallest absolute Gasteiger partial charge is 0.225 e. The lowest BCUT2D eigenvalue weighted by molar-refractivity contribution is -0.130. The van der Waals surface area contributed by atoms with Gasteiger partial charge in [-0.1, -0.05) is 24.3 Å². The summed E-state index contributed by atoms with van der Waals surface area (Å²) in [6.07, 6.45) is -0.478. The van der Waals surface area contributed by atoms with E-state index >= 15 is 0 Å². The molecule has 0 bridgehead atoms. The highest BCUT2D eigenvalue weighted by atomic mass is 16.3. The number of carbonyl (C=O) groups excluding carboxylic acids is 2. The van der Waals surface area contributed by atoms with Gasteiger partial charge in [-0.25, -0.2) is 0 Å². The Kier molecular flexibility index (Phi) is 5.19. The quantitative estimate of drug-likeness (QED) is 0.864. The number of benzene rings is 1. The Morgan fingerprint density at radius 3 is 2.68 bits per heavy atom. The molecule has 0 aliphatic carbocycles. The Balaban J connectivity index is 1.88. The lowest BCUT2D eigenvalue weighted by atomic mass is 10.0. The van der Waals surface area contributed by atoms with E-state index in [4.69, 9.17) is 0 Å². The average Bonchev–Trinajstić information content (AvgIpc) is 2.87. The van der Waals surface area contributed by atoms with Crippen molar-refractivity contribution >= 4 is 11.8 Å². The van der Waals surface area contributed by atoms with Gasteiger partial charge in [-0.05, 0) is 31.9 Å². The van der Waals surface area contributed by atoms with Gasteiger partial charge < -0.3 is 15.3 Å². The Hall–Kier alpha value is -1.88. The normalized spacial score (nSPS) is 19.6. The molecule has 22 heavy (non-hydrogen) atoms. The van der Waals surface area contributed by atoms with Crippen LogP contribution in [0.5, 0.6) is 0 Å². The molecule has 1 saturated heterocycles. The molecule has 2 atom stereocenters. The molecule has 1 aromatic carbocycles. The van der Waals surface area contributed by atoms with Crippen LogP contribution in [0.2, 0.25) is 0 Å². The van der Waals surface area contributed by atoms with Crippen molar-refractivity contribution in [1.29, 1.82) is 0 Å². The maximum Gasteiger partial charge on any atom is 0.225 e. The van der Waals surface area contributed by atoms with Crippen LogP contribution in [0, 0.1) is 12.8 Å². The van der Waals surface area contributed by atoms with Gasteiger partial charge in [0.05, 0.1) is 12.0 Å². The predicted molar refractivity (Wildman–Crippen MR) is 84.1 cm³/mol. The number of rotatable bonds is 5. The molecule has 2 rings (SSSR count). The molecular weight excluding hydrogens is 280 g/mol. The third-order valence-corrected chi connectivity index (χ3v) is 4.17. The van der Waals surface area contributed by atoms with Gasteiger partial charge in [-0.2, -0.15) is 0 Å². The minimum Gasteiger partial charge on any atom is -0.387 e. The molecule has 1 aliphatic rings. The highest BCUT2D eigenvalue weighted by Crippen LogP contribution is 2.21. The molecule has 1 aliphatic heterocycles. The molecule has 1 aromatic rings. The molecule has 0 spiro atoms. The van der Waals surface area contributed by atoms with E-state index in [-0.39, 0.29) is 36.7 Å². The molecular formula is C17H24N2O3. The summed E-state index contributed by atoms with van der Waals surface area (Å²) in [7, 11) is 0. The van der Waals surface area contributed by atoms with E-state index in [0.717, 1.165) is 11.1 Å². The molecule has 1 heterocycles. The van der Waals surface area contributed by atoms with E-state index < -0.39 is 6.10 Å². The van der Waals surface area contributed by atoms with E-state index in [1.54, 1.807) is 4.90 Å². The van der Waals surface area contributed by atoms with Gasteiger partial charge in [0, 0.05) is 25.6 Å². The van der Waals surface area contributed by atoms with Crippen molar-refractivity contribution in [2.45, 2.75) is 39.3 Å². The van der Waals surface area contributed by atoms with Gasteiger partial charge >= 0.3 is 0 Å². The van der Waals surface area contributed by atoms with Gasteiger partial charge in [-0.15, -0.1) is 0 Å². The molecule has 5 heteroatoms. The molecule has 2 unspecified atom stereocenters. The molecule has 120 valence electrons. The number of carbonyl (C=O) groups is 2. The monoisotopic (exact) mass is 304 g/mol. The highest BCUT2D eigenvalue weighted by Gasteiger charge is 2.35. The number of aryl methyl sites for hydroxylation is 1. The van der Waals surface area contributed by atoms with Crippen LogP contribution in [0.25, 0.3) is 0 Å². The fourth-order valence-corrected chi connectivity index (χ4v) is 2.82. The summed E-state index contributed by atoms with van der Waals surface area (Å²) in [5.41, 5.74) is 1.81. The molecule has 1 fully saturated rings. The van der Waals surface area contributed by atoms with Crippen LogP contribution < -0.4 is 5.32 Å². The Labute approximate surface area is 131 Å². The van der Waals surface area contributed by atoms with Crippen LogP contribution >= 0.6 is 0 Å². The molecule has 5 nitrogen and oxygen atoms in total. The first kappa shape index (κ1) is 16.5. The number of nitrogens with zero attached hydrogens (tertiary/aromatic N) is 1. The number of nitrogens with one attached hydrogen (secondary N) is 1. The first-order chi connectivity index (χ1) is 10.4. The lowest BCUT2D eigenvalue weighted by Crippen LogP contribution is -2.37. The highest BCUT2D eigenvalue weighted by molar-refractivity contribution is 5.89. The third kappa shape index (κ3) is 3.65. The third-order valence-electron chi connectivity index (χ3n) is 4.17. The number of amides is 2. The molecule has 2 N–H and O–H groups in total. The summed E-state index contributed by atoms with van der Waals surface area (Å²) >= 11 is 0. The molecule has 2 amide bonds. The standard InChI is InChI=1S/C17H24N2O3/c1-11(2)19-10-13(8-16(19)21)17(22)18-9-15(20)14-7-5-4-6-12(14)3/h4-7,11,13,15,20H,8-10H2,1-3H3,(H,18,22). The summed E-state index contributed by atoms with van der Waals surface area (Å²) in [6, 6.07) is 7.67. The minimum absolute atomic E-state index is 0.0228. The number of hydrogen-bond donors (Lipinski definition) is 2. The second-order valence-corrected chi connectivity index (χ2v) is 6.16. The summed E-state index contributed by atoms with van der Waals surface area (Å²) in [6.45, 7) is 6.44. The summed E-state index contributed by atoms with van der Waals surface area (Å²) in [5.74, 6) is -0.460. The largest absolute Gasteiger partial charge is 0.387 e. The van der Waals surface area contributed by atoms with Gasteiger partial charge in [0.2, 0.25) is 11.8 Å². The van der Waals surface area contributed by atoms with Gasteiger partial charge in [0.25, 0.3) is 0 Å². The van der Waals surface area contributed by atoms with Crippen LogP contribution in [0.15, 0.2) is 24.3 Å². The second-order valence-electron chi connectivity index (χ2n) is 6.16. The van der Waals surface area contributed by atoms with Crippen molar-refractivity contribution in [1.82, 2.24) is 10.2 Å². The fraction of sp³-hybridized carbons (Fsp3) is 0.529. The average molecular weight is 304 g/mol. The second kappa shape index (κ2) is 6.92. The SMILES string of the molecule is Cc1ccccc1C(O)CNC(=O)C1CC(=O)N(C(C)C)C1. The topological polar surface area (TPSA) is 69.6 Å². The van der Waals surface area contributed by atoms with Gasteiger partial charge in [-0.3, -0.25) is 9.59 Å². The Morgan fingerprint density at radius 1 is 1.41 bits per heavy atom. The van der Waals surface area contributed by atoms with Crippen molar-refractivity contribution in [3.63, 3.8) is 0 Å². The van der Waals surface area contributed by atoms with Crippen molar-refractivity contribution in [2.75, 3.05) is 13.1 Å². The number of aliphatic hydroxyl groups excluding tert-OH is 1. The van der Waals surface area contributed by atoms with Crippen LogP contribution in [0.3, 0.4) is 0 Å². The van der Waals surface area contributed by atoms with Gasteiger partial charge in [0.15, 0.2) is 0 Å². The Bertz CT molecular complexity index is 557. The zero-order valence-electron chi connectivity index (χ0n) is 13.4. The summed E-state index contributed by atoms with van der Waals surface area (Å²) in [5, 5.41) is 13.0. The first-order valence-electron chi connectivity index (χ1n) is 7.71. The number of aliphatic hydroxyl groups is 1. The van der Waals surface area contributed by atoms with Crippen LogP contribution in [0.1, 0.15) is 37.5 Å². The maximum atomic E-state index is 12.2. The van der Waals surface area contributed by atoms with E-state index in [1.807, 2.05) is 45.0 Å². The number of likely N-dealkylation sites (tertiary alicyclic amines) is 1. The summed E-state index contributed by atoms with van der Waals surface area (Å²) in [4.78, 5) is 25.7. The van der Waals surface area contributed by atoms with Gasteiger partial charge in [0.1, 0.15) is 0 Å². The van der Waals surface area contributed by atoms with Crippen molar-refractivity contribution in [3.05, 3.63) is 35.4 Å². The zero-order valence-corrected chi connectivity index (χ0v) is 13.4. The lowest BCUT2D eigenvalue weighted by Gasteiger charge is -2.21. The van der Waals surface area contributed by atoms with Crippen molar-refractivity contribution in [2.24, 2.45) is 5.92 Å². The van der Waals surface area contributed by atoms with Crippen LogP contribution in [-0.4, -0.2) is 41.0 Å². The van der Waals surface area contributed by atoms with E-state index in [1.165, 1.54) is 0 Å². The minimum atomic E-state index is -0.733. The Morgan fingerprint density at radius 2 is 2.09 bits per heavy atom.